The van der Waals surface area contributed by atoms with Gasteiger partial charge in [0, 0.05) is 24.5 Å². The van der Waals surface area contributed by atoms with Crippen molar-refractivity contribution in [2.75, 3.05) is 31.1 Å². The van der Waals surface area contributed by atoms with Crippen molar-refractivity contribution in [3.63, 3.8) is 0 Å². The summed E-state index contributed by atoms with van der Waals surface area (Å²) in [4.78, 5) is 62.1. The highest BCUT2D eigenvalue weighted by Crippen LogP contribution is 2.20. The first kappa shape index (κ1) is 37.0. The first-order valence-corrected chi connectivity index (χ1v) is 16.4. The van der Waals surface area contributed by atoms with Gasteiger partial charge in [0.15, 0.2) is 0 Å². The highest BCUT2D eigenvalue weighted by molar-refractivity contribution is 8.76. The Kier molecular flexibility index (Phi) is 19.1. The summed E-state index contributed by atoms with van der Waals surface area (Å²) in [6.07, 6.45) is 1.69. The standard InChI is InChI=1S/C27H44N6O7S2/c1-3-13-41-42-14-12-29-27(40)24(18(2)35)33-26(39)21(6-4-5-11-28)32-23(37)16-30-25(38)22(31-17-34)15-19-7-9-20(36)10-8-19/h7-10,17-18,21-22,24,35-36H,3-6,11-16,28H2,1-2H3,(H,29,40)(H,30,38)(H,31,34)(H,32,37)(H,33,39). The lowest BCUT2D eigenvalue weighted by Gasteiger charge is -2.25. The van der Waals surface area contributed by atoms with Gasteiger partial charge in [-0.25, -0.2) is 0 Å². The zero-order valence-corrected chi connectivity index (χ0v) is 25.7. The molecule has 0 heterocycles. The number of hydrogen-bond acceptors (Lipinski definition) is 10. The zero-order chi connectivity index (χ0) is 31.3. The number of nitrogens with one attached hydrogen (secondary N) is 5. The summed E-state index contributed by atoms with van der Waals surface area (Å²) >= 11 is 0. The molecule has 0 saturated carbocycles. The molecular weight excluding hydrogens is 584 g/mol. The lowest BCUT2D eigenvalue weighted by molar-refractivity contribution is -0.134. The SMILES string of the molecule is CCCSSCCNC(=O)C(NC(=O)C(CCCCN)NC(=O)CNC(=O)C(Cc1ccc(O)cc1)NC=O)C(C)O. The average molecular weight is 629 g/mol. The molecule has 4 unspecified atom stereocenters. The highest BCUT2D eigenvalue weighted by Gasteiger charge is 2.29. The molecule has 0 bridgehead atoms. The second-order valence-corrected chi connectivity index (χ2v) is 12.2. The van der Waals surface area contributed by atoms with E-state index in [0.29, 0.717) is 43.7 Å². The van der Waals surface area contributed by atoms with Crippen molar-refractivity contribution in [1.29, 1.82) is 0 Å². The minimum Gasteiger partial charge on any atom is -0.508 e. The minimum atomic E-state index is -1.23. The summed E-state index contributed by atoms with van der Waals surface area (Å²) in [5, 5.41) is 32.3. The summed E-state index contributed by atoms with van der Waals surface area (Å²) in [6.45, 7) is 3.74. The van der Waals surface area contributed by atoms with E-state index in [1.54, 1.807) is 33.7 Å². The summed E-state index contributed by atoms with van der Waals surface area (Å²) in [5.74, 6) is -0.756. The maximum absolute atomic E-state index is 13.1. The van der Waals surface area contributed by atoms with Gasteiger partial charge in [0.1, 0.15) is 23.9 Å². The lowest BCUT2D eigenvalue weighted by Crippen LogP contribution is -2.58. The van der Waals surface area contributed by atoms with Crippen molar-refractivity contribution in [3.05, 3.63) is 29.8 Å². The van der Waals surface area contributed by atoms with Crippen LogP contribution in [0.25, 0.3) is 0 Å². The van der Waals surface area contributed by atoms with Crippen LogP contribution in [-0.2, 0) is 30.4 Å². The predicted octanol–water partition coefficient (Wildman–Crippen LogP) is -0.447. The number of nitrogens with two attached hydrogens (primary N) is 1. The number of amides is 5. The van der Waals surface area contributed by atoms with Crippen LogP contribution in [0, 0.1) is 0 Å². The van der Waals surface area contributed by atoms with Crippen molar-refractivity contribution in [1.82, 2.24) is 26.6 Å². The second-order valence-electron chi connectivity index (χ2n) is 9.49. The molecule has 0 aliphatic carbocycles. The molecule has 0 aliphatic heterocycles. The summed E-state index contributed by atoms with van der Waals surface area (Å²) in [7, 11) is 3.33. The maximum atomic E-state index is 13.1. The van der Waals surface area contributed by atoms with E-state index in [2.05, 4.69) is 33.5 Å². The van der Waals surface area contributed by atoms with Gasteiger partial charge in [0.05, 0.1) is 12.6 Å². The number of aliphatic hydroxyl groups excluding tert-OH is 1. The predicted molar refractivity (Wildman–Crippen MR) is 164 cm³/mol. The van der Waals surface area contributed by atoms with Gasteiger partial charge in [-0.05, 0) is 56.8 Å². The van der Waals surface area contributed by atoms with E-state index in [1.807, 2.05) is 0 Å². The summed E-state index contributed by atoms with van der Waals surface area (Å²) in [5.41, 5.74) is 6.24. The van der Waals surface area contributed by atoms with Gasteiger partial charge >= 0.3 is 0 Å². The Bertz CT molecular complexity index is 984. The smallest absolute Gasteiger partial charge is 0.245 e. The third kappa shape index (κ3) is 15.3. The van der Waals surface area contributed by atoms with Crippen molar-refractivity contribution in [2.24, 2.45) is 5.73 Å². The van der Waals surface area contributed by atoms with Crippen molar-refractivity contribution in [2.45, 2.75) is 70.2 Å². The molecule has 15 heteroatoms. The molecule has 0 aliphatic rings. The van der Waals surface area contributed by atoms with Gasteiger partial charge in [-0.2, -0.15) is 0 Å². The fourth-order valence-electron chi connectivity index (χ4n) is 3.66. The van der Waals surface area contributed by atoms with Crippen molar-refractivity contribution in [3.8, 4) is 5.75 Å². The van der Waals surface area contributed by atoms with Crippen LogP contribution < -0.4 is 32.3 Å². The second kappa shape index (κ2) is 21.7. The van der Waals surface area contributed by atoms with Gasteiger partial charge in [-0.1, -0.05) is 40.6 Å². The molecule has 1 aromatic rings. The quantitative estimate of drug-likeness (QED) is 0.0471. The maximum Gasteiger partial charge on any atom is 0.245 e. The molecule has 0 fully saturated rings. The molecule has 5 amide bonds. The summed E-state index contributed by atoms with van der Waals surface area (Å²) in [6, 6.07) is 2.86. The number of benzene rings is 1. The molecule has 4 atom stereocenters. The van der Waals surface area contributed by atoms with E-state index in [-0.39, 0.29) is 18.6 Å². The molecule has 0 aromatic heterocycles. The monoisotopic (exact) mass is 628 g/mol. The van der Waals surface area contributed by atoms with Crippen molar-refractivity contribution < 1.29 is 34.2 Å². The van der Waals surface area contributed by atoms with E-state index < -0.39 is 54.4 Å². The Labute approximate surface area is 254 Å². The molecule has 1 aromatic carbocycles. The first-order chi connectivity index (χ1) is 20.1. The number of phenols is 1. The Hall–Kier alpha value is -3.01. The molecule has 9 N–H and O–H groups in total. The number of carbonyl (C=O) groups excluding carboxylic acids is 5. The van der Waals surface area contributed by atoms with Crippen LogP contribution in [0.5, 0.6) is 5.75 Å². The Balaban J connectivity index is 2.75. The van der Waals surface area contributed by atoms with E-state index in [0.717, 1.165) is 12.2 Å². The molecule has 0 saturated heterocycles. The van der Waals surface area contributed by atoms with Crippen molar-refractivity contribution >= 4 is 51.6 Å². The van der Waals surface area contributed by atoms with Crippen LogP contribution in [0.4, 0.5) is 0 Å². The Morgan fingerprint density at radius 3 is 2.26 bits per heavy atom. The number of unbranched alkanes of at least 4 members (excludes halogenated alkanes) is 1. The molecular formula is C27H44N6O7S2. The van der Waals surface area contributed by atoms with Crippen LogP contribution >= 0.6 is 21.6 Å². The molecule has 0 radical (unpaired) electrons. The van der Waals surface area contributed by atoms with Crippen LogP contribution in [0.3, 0.4) is 0 Å². The third-order valence-electron chi connectivity index (χ3n) is 5.90. The molecule has 13 nitrogen and oxygen atoms in total. The normalized spacial score (nSPS) is 13.6. The Morgan fingerprint density at radius 2 is 1.64 bits per heavy atom. The summed E-state index contributed by atoms with van der Waals surface area (Å²) < 4.78 is 0. The van der Waals surface area contributed by atoms with Gasteiger partial charge in [0.25, 0.3) is 0 Å². The van der Waals surface area contributed by atoms with E-state index in [9.17, 15) is 34.2 Å². The number of rotatable bonds is 22. The highest BCUT2D eigenvalue weighted by atomic mass is 33.1. The van der Waals surface area contributed by atoms with E-state index in [4.69, 9.17) is 5.73 Å². The average Bonchev–Trinajstić information content (AvgIpc) is 2.96. The van der Waals surface area contributed by atoms with Crippen LogP contribution in [0.2, 0.25) is 0 Å². The Morgan fingerprint density at radius 1 is 0.952 bits per heavy atom. The molecule has 42 heavy (non-hydrogen) atoms. The van der Waals surface area contributed by atoms with E-state index in [1.165, 1.54) is 19.1 Å². The molecule has 1 rings (SSSR count). The van der Waals surface area contributed by atoms with Crippen LogP contribution in [0.1, 0.15) is 45.1 Å². The first-order valence-electron chi connectivity index (χ1n) is 13.9. The largest absolute Gasteiger partial charge is 0.508 e. The number of phenolic OH excluding ortho intramolecular Hbond substituents is 1. The fourth-order valence-corrected chi connectivity index (χ4v) is 5.71. The van der Waals surface area contributed by atoms with Gasteiger partial charge in [-0.15, -0.1) is 0 Å². The minimum absolute atomic E-state index is 0.0568. The van der Waals surface area contributed by atoms with Crippen LogP contribution in [-0.4, -0.2) is 95.6 Å². The van der Waals surface area contributed by atoms with Gasteiger partial charge in [-0.3, -0.25) is 24.0 Å². The zero-order valence-electron chi connectivity index (χ0n) is 24.1. The number of hydrogen-bond donors (Lipinski definition) is 8. The lowest BCUT2D eigenvalue weighted by atomic mass is 10.1. The van der Waals surface area contributed by atoms with Gasteiger partial charge in [0.2, 0.25) is 30.0 Å². The fraction of sp³-hybridized carbons (Fsp3) is 0.593. The van der Waals surface area contributed by atoms with E-state index >= 15 is 0 Å². The number of aliphatic hydroxyl groups is 1. The molecule has 236 valence electrons. The topological polar surface area (TPSA) is 212 Å². The third-order valence-corrected chi connectivity index (χ3v) is 8.51. The number of carbonyl (C=O) groups is 5. The van der Waals surface area contributed by atoms with Gasteiger partial charge < -0.3 is 42.5 Å². The van der Waals surface area contributed by atoms with Crippen LogP contribution in [0.15, 0.2) is 24.3 Å². The number of aromatic hydroxyl groups is 1. The molecule has 0 spiro atoms.